The lowest BCUT2D eigenvalue weighted by molar-refractivity contribution is -0.274. The predicted octanol–water partition coefficient (Wildman–Crippen LogP) is 8.49. The number of carbonyl (C=O) groups excluding carboxylic acids is 1. The summed E-state index contributed by atoms with van der Waals surface area (Å²) in [6, 6.07) is 17.9. The first-order valence-electron chi connectivity index (χ1n) is 15.7. The molecule has 8 nitrogen and oxygen atoms in total. The molecule has 2 aliphatic rings. The maximum atomic E-state index is 13.2. The van der Waals surface area contributed by atoms with E-state index < -0.39 is 6.36 Å². The van der Waals surface area contributed by atoms with E-state index in [1.165, 1.54) is 57.5 Å². The SMILES string of the molecule is Cc1cc(C)c(N2C(=NC(=O)NC3CCC(c4ccc(-c5ncn(-c6ccc(OC(F)(F)F)cc6)n5)cc4)C3)SCCC2C)c(C)c1. The van der Waals surface area contributed by atoms with Crippen molar-refractivity contribution in [3.63, 3.8) is 0 Å². The van der Waals surface area contributed by atoms with Crippen molar-refractivity contribution in [2.45, 2.75) is 77.7 Å². The first-order valence-corrected chi connectivity index (χ1v) is 16.7. The maximum Gasteiger partial charge on any atom is 0.573 e. The summed E-state index contributed by atoms with van der Waals surface area (Å²) in [6.07, 6.45) is 0.474. The zero-order chi connectivity index (χ0) is 33.3. The molecule has 0 spiro atoms. The molecule has 3 unspecified atom stereocenters. The first-order chi connectivity index (χ1) is 22.4. The van der Waals surface area contributed by atoms with Crippen molar-refractivity contribution in [3.05, 3.63) is 89.2 Å². The molecule has 3 aromatic carbocycles. The Morgan fingerprint density at radius 2 is 1.70 bits per heavy atom. The molecule has 3 atom stereocenters. The average molecular weight is 663 g/mol. The number of halogens is 3. The van der Waals surface area contributed by atoms with Crippen LogP contribution in [0.3, 0.4) is 0 Å². The Bertz CT molecular complexity index is 1750. The predicted molar refractivity (Wildman–Crippen MR) is 179 cm³/mol. The Morgan fingerprint density at radius 3 is 2.38 bits per heavy atom. The quantitative estimate of drug-likeness (QED) is 0.223. The van der Waals surface area contributed by atoms with Crippen LogP contribution in [0.15, 0.2) is 72.0 Å². The van der Waals surface area contributed by atoms with E-state index in [2.05, 4.69) is 82.0 Å². The van der Waals surface area contributed by atoms with E-state index in [4.69, 9.17) is 0 Å². The summed E-state index contributed by atoms with van der Waals surface area (Å²) >= 11 is 1.64. The third kappa shape index (κ3) is 7.64. The standard InChI is InChI=1S/C35H37F3N6O2S/c1-21-17-22(2)31(23(3)18-21)44-24(4)15-16-47-34(44)41-33(45)40-28-10-9-27(19-28)25-5-7-26(8-6-25)32-39-20-43(42-32)29-11-13-30(14-12-29)46-35(36,37)38/h5-8,11-14,17-18,20,24,27-28H,9-10,15-16,19H2,1-4H3,(H,40,45). The van der Waals surface area contributed by atoms with Gasteiger partial charge in [-0.2, -0.15) is 4.99 Å². The molecule has 2 fully saturated rings. The highest BCUT2D eigenvalue weighted by molar-refractivity contribution is 8.14. The minimum atomic E-state index is -4.74. The third-order valence-corrected chi connectivity index (χ3v) is 9.70. The Morgan fingerprint density at radius 1 is 1.00 bits per heavy atom. The molecule has 2 amide bonds. The lowest BCUT2D eigenvalue weighted by Gasteiger charge is -2.37. The molecule has 1 aliphatic heterocycles. The smallest absolute Gasteiger partial charge is 0.406 e. The lowest BCUT2D eigenvalue weighted by atomic mass is 9.96. The summed E-state index contributed by atoms with van der Waals surface area (Å²) in [5.74, 6) is 1.44. The number of benzene rings is 3. The number of aromatic nitrogens is 3. The Labute approximate surface area is 276 Å². The largest absolute Gasteiger partial charge is 0.573 e. The van der Waals surface area contributed by atoms with Gasteiger partial charge in [0.05, 0.1) is 5.69 Å². The van der Waals surface area contributed by atoms with Crippen LogP contribution in [0, 0.1) is 20.8 Å². The van der Waals surface area contributed by atoms with Gasteiger partial charge < -0.3 is 15.0 Å². The molecule has 2 heterocycles. The number of hydrogen-bond donors (Lipinski definition) is 1. The van der Waals surface area contributed by atoms with Gasteiger partial charge in [-0.1, -0.05) is 53.7 Å². The van der Waals surface area contributed by atoms with Gasteiger partial charge in [-0.25, -0.2) is 14.5 Å². The van der Waals surface area contributed by atoms with Crippen LogP contribution in [0.2, 0.25) is 0 Å². The molecule has 246 valence electrons. The molecule has 6 rings (SSSR count). The number of amidine groups is 1. The monoisotopic (exact) mass is 662 g/mol. The molecule has 1 N–H and O–H groups in total. The highest BCUT2D eigenvalue weighted by Crippen LogP contribution is 2.37. The number of amides is 2. The van der Waals surface area contributed by atoms with Gasteiger partial charge >= 0.3 is 12.4 Å². The third-order valence-electron chi connectivity index (χ3n) is 8.71. The highest BCUT2D eigenvalue weighted by atomic mass is 32.2. The van der Waals surface area contributed by atoms with Crippen LogP contribution in [0.4, 0.5) is 23.7 Å². The van der Waals surface area contributed by atoms with E-state index in [-0.39, 0.29) is 23.9 Å². The van der Waals surface area contributed by atoms with E-state index in [1.54, 1.807) is 11.8 Å². The van der Waals surface area contributed by atoms with E-state index >= 15 is 0 Å². The minimum Gasteiger partial charge on any atom is -0.406 e. The molecular weight excluding hydrogens is 625 g/mol. The number of hydrogen-bond acceptors (Lipinski definition) is 5. The molecule has 1 aromatic heterocycles. The molecule has 1 aliphatic carbocycles. The number of thioether (sulfide) groups is 1. The Kier molecular flexibility index (Phi) is 9.32. The van der Waals surface area contributed by atoms with E-state index in [1.807, 2.05) is 12.1 Å². The summed E-state index contributed by atoms with van der Waals surface area (Å²) < 4.78 is 42.8. The fourth-order valence-electron chi connectivity index (χ4n) is 6.60. The second-order valence-electron chi connectivity index (χ2n) is 12.3. The summed E-state index contributed by atoms with van der Waals surface area (Å²) in [5, 5.41) is 8.42. The molecular formula is C35H37F3N6O2S. The summed E-state index contributed by atoms with van der Waals surface area (Å²) in [6.45, 7) is 8.54. The second-order valence-corrected chi connectivity index (χ2v) is 13.4. The number of nitrogens with zero attached hydrogens (tertiary/aromatic N) is 5. The van der Waals surface area contributed by atoms with E-state index in [9.17, 15) is 18.0 Å². The van der Waals surface area contributed by atoms with Gasteiger partial charge in [0.1, 0.15) is 12.1 Å². The average Bonchev–Trinajstić information content (AvgIpc) is 3.68. The summed E-state index contributed by atoms with van der Waals surface area (Å²) in [5.41, 5.74) is 7.31. The highest BCUT2D eigenvalue weighted by Gasteiger charge is 2.32. The van der Waals surface area contributed by atoms with Gasteiger partial charge in [0.25, 0.3) is 0 Å². The van der Waals surface area contributed by atoms with Crippen LogP contribution in [-0.2, 0) is 0 Å². The number of alkyl halides is 3. The van der Waals surface area contributed by atoms with Crippen molar-refractivity contribution in [2.24, 2.45) is 4.99 Å². The normalized spacial score (nSPS) is 20.9. The maximum absolute atomic E-state index is 13.2. The number of ether oxygens (including phenoxy) is 1. The van der Waals surface area contributed by atoms with Crippen molar-refractivity contribution >= 4 is 28.6 Å². The van der Waals surface area contributed by atoms with Crippen LogP contribution < -0.4 is 15.0 Å². The van der Waals surface area contributed by atoms with Crippen LogP contribution >= 0.6 is 11.8 Å². The number of aryl methyl sites for hydroxylation is 3. The molecule has 4 aromatic rings. The van der Waals surface area contributed by atoms with Gasteiger partial charge in [0.2, 0.25) is 0 Å². The Balaban J connectivity index is 1.07. The van der Waals surface area contributed by atoms with Gasteiger partial charge in [0, 0.05) is 29.1 Å². The van der Waals surface area contributed by atoms with Crippen LogP contribution in [-0.4, -0.2) is 50.2 Å². The van der Waals surface area contributed by atoms with Crippen molar-refractivity contribution < 1.29 is 22.7 Å². The van der Waals surface area contributed by atoms with E-state index in [0.29, 0.717) is 17.4 Å². The zero-order valence-corrected chi connectivity index (χ0v) is 27.5. The summed E-state index contributed by atoms with van der Waals surface area (Å²) in [7, 11) is 0. The number of carbonyl (C=O) groups is 1. The molecule has 0 bridgehead atoms. The van der Waals surface area contributed by atoms with Crippen LogP contribution in [0.25, 0.3) is 17.1 Å². The van der Waals surface area contributed by atoms with Crippen LogP contribution in [0.5, 0.6) is 5.75 Å². The van der Waals surface area contributed by atoms with Gasteiger partial charge in [0.15, 0.2) is 11.0 Å². The molecule has 12 heteroatoms. The lowest BCUT2D eigenvalue weighted by Crippen LogP contribution is -2.43. The van der Waals surface area contributed by atoms with Crippen molar-refractivity contribution in [1.82, 2.24) is 20.1 Å². The number of nitrogens with one attached hydrogen (secondary N) is 1. The minimum absolute atomic E-state index is 0.0455. The van der Waals surface area contributed by atoms with Crippen molar-refractivity contribution in [1.29, 1.82) is 0 Å². The molecule has 0 radical (unpaired) electrons. The topological polar surface area (TPSA) is 84.6 Å². The van der Waals surface area contributed by atoms with Gasteiger partial charge in [-0.05, 0) is 100 Å². The van der Waals surface area contributed by atoms with E-state index in [0.717, 1.165) is 47.9 Å². The second kappa shape index (κ2) is 13.4. The number of urea groups is 1. The number of anilines is 1. The Hall–Kier alpha value is -4.32. The van der Waals surface area contributed by atoms with Crippen molar-refractivity contribution in [3.8, 4) is 22.8 Å². The number of aliphatic imine (C=N–C) groups is 1. The van der Waals surface area contributed by atoms with Gasteiger partial charge in [-0.3, -0.25) is 0 Å². The van der Waals surface area contributed by atoms with Gasteiger partial charge in [-0.15, -0.1) is 18.3 Å². The van der Waals surface area contributed by atoms with Crippen LogP contribution in [0.1, 0.15) is 60.8 Å². The van der Waals surface area contributed by atoms with Crippen molar-refractivity contribution in [2.75, 3.05) is 10.7 Å². The number of rotatable bonds is 6. The molecule has 47 heavy (non-hydrogen) atoms. The fourth-order valence-corrected chi connectivity index (χ4v) is 7.80. The zero-order valence-electron chi connectivity index (χ0n) is 26.7. The summed E-state index contributed by atoms with van der Waals surface area (Å²) in [4.78, 5) is 24.4. The fraction of sp³-hybridized carbons (Fsp3) is 0.371. The molecule has 1 saturated carbocycles. The molecule has 1 saturated heterocycles. The first kappa shape index (κ1) is 32.6.